The molecule has 1 saturated heterocycles. The molecule has 1 heterocycles. The van der Waals surface area contributed by atoms with Gasteiger partial charge in [0.15, 0.2) is 0 Å². The van der Waals surface area contributed by atoms with Crippen LogP contribution in [0, 0.1) is 5.82 Å². The van der Waals surface area contributed by atoms with Crippen molar-refractivity contribution in [2.75, 3.05) is 29.3 Å². The van der Waals surface area contributed by atoms with Crippen molar-refractivity contribution in [2.24, 2.45) is 0 Å². The van der Waals surface area contributed by atoms with E-state index in [1.807, 2.05) is 0 Å². The fourth-order valence-electron chi connectivity index (χ4n) is 3.97. The molecule has 11 heteroatoms. The molecule has 36 heavy (non-hydrogen) atoms. The molecule has 1 amide bonds. The number of piperidine rings is 1. The monoisotopic (exact) mass is 531 g/mol. The molecular weight excluding hydrogens is 505 g/mol. The third-order valence-corrected chi connectivity index (χ3v) is 9.52. The molecule has 0 spiro atoms. The Kier molecular flexibility index (Phi) is 7.72. The Morgan fingerprint density at radius 3 is 2.06 bits per heavy atom. The summed E-state index contributed by atoms with van der Waals surface area (Å²) >= 11 is 0. The van der Waals surface area contributed by atoms with Gasteiger partial charge in [0.25, 0.3) is 10.0 Å². The van der Waals surface area contributed by atoms with E-state index < -0.39 is 38.3 Å². The van der Waals surface area contributed by atoms with Gasteiger partial charge in [0.2, 0.25) is 15.9 Å². The highest BCUT2D eigenvalue weighted by atomic mass is 32.2. The van der Waals surface area contributed by atoms with E-state index in [4.69, 9.17) is 0 Å². The average Bonchev–Trinajstić information content (AvgIpc) is 2.89. The van der Waals surface area contributed by atoms with Crippen molar-refractivity contribution in [1.29, 1.82) is 0 Å². The fourth-order valence-corrected chi connectivity index (χ4v) is 6.94. The lowest BCUT2D eigenvalue weighted by atomic mass is 10.2. The van der Waals surface area contributed by atoms with Gasteiger partial charge in [-0.15, -0.1) is 0 Å². The van der Waals surface area contributed by atoms with Crippen LogP contribution in [0.15, 0.2) is 88.7 Å². The van der Waals surface area contributed by atoms with Crippen LogP contribution in [0.2, 0.25) is 0 Å². The van der Waals surface area contributed by atoms with Gasteiger partial charge in [-0.3, -0.25) is 9.10 Å². The molecule has 0 bridgehead atoms. The van der Waals surface area contributed by atoms with Gasteiger partial charge in [0.1, 0.15) is 12.4 Å². The van der Waals surface area contributed by atoms with Gasteiger partial charge < -0.3 is 5.32 Å². The van der Waals surface area contributed by atoms with E-state index in [0.29, 0.717) is 17.4 Å². The maximum atomic E-state index is 14.6. The number of nitrogens with one attached hydrogen (secondary N) is 1. The molecule has 3 aromatic rings. The first kappa shape index (κ1) is 25.8. The van der Waals surface area contributed by atoms with Crippen molar-refractivity contribution < 1.29 is 26.0 Å². The Balaban J connectivity index is 1.54. The summed E-state index contributed by atoms with van der Waals surface area (Å²) in [7, 11) is -7.88. The van der Waals surface area contributed by atoms with Crippen LogP contribution in [0.1, 0.15) is 19.3 Å². The highest BCUT2D eigenvalue weighted by Crippen LogP contribution is 2.27. The van der Waals surface area contributed by atoms with Crippen molar-refractivity contribution >= 4 is 37.3 Å². The number of carbonyl (C=O) groups excluding carboxylic acids is 1. The third-order valence-electron chi connectivity index (χ3n) is 5.83. The summed E-state index contributed by atoms with van der Waals surface area (Å²) in [5.41, 5.74) is 0.0164. The van der Waals surface area contributed by atoms with Gasteiger partial charge in [-0.05, 0) is 61.4 Å². The van der Waals surface area contributed by atoms with Gasteiger partial charge in [-0.25, -0.2) is 21.2 Å². The lowest BCUT2D eigenvalue weighted by molar-refractivity contribution is -0.114. The fraction of sp³-hybridized carbons (Fsp3) is 0.240. The van der Waals surface area contributed by atoms with Crippen molar-refractivity contribution in [3.8, 4) is 0 Å². The number of carbonyl (C=O) groups is 1. The zero-order chi connectivity index (χ0) is 25.8. The Hall–Kier alpha value is -3.28. The average molecular weight is 532 g/mol. The minimum atomic E-state index is -4.25. The minimum Gasteiger partial charge on any atom is -0.325 e. The molecule has 0 radical (unpaired) electrons. The number of benzene rings is 3. The summed E-state index contributed by atoms with van der Waals surface area (Å²) in [6, 6.07) is 18.4. The molecule has 0 aromatic heterocycles. The molecular formula is C25H26FN3O5S2. The molecule has 0 saturated carbocycles. The predicted octanol–water partition coefficient (Wildman–Crippen LogP) is 3.83. The van der Waals surface area contributed by atoms with Crippen molar-refractivity contribution in [2.45, 2.75) is 29.1 Å². The molecule has 1 fully saturated rings. The zero-order valence-corrected chi connectivity index (χ0v) is 21.0. The molecule has 3 aromatic carbocycles. The van der Waals surface area contributed by atoms with E-state index in [0.717, 1.165) is 25.3 Å². The van der Waals surface area contributed by atoms with Gasteiger partial charge in [-0.2, -0.15) is 4.31 Å². The Labute approximate surface area is 210 Å². The van der Waals surface area contributed by atoms with E-state index >= 15 is 0 Å². The summed E-state index contributed by atoms with van der Waals surface area (Å²) < 4.78 is 69.0. The number of hydrogen-bond donors (Lipinski definition) is 1. The number of rotatable bonds is 8. The van der Waals surface area contributed by atoms with Crippen LogP contribution < -0.4 is 9.62 Å². The second-order valence-corrected chi connectivity index (χ2v) is 12.1. The molecule has 1 N–H and O–H groups in total. The van der Waals surface area contributed by atoms with Crippen LogP contribution >= 0.6 is 0 Å². The summed E-state index contributed by atoms with van der Waals surface area (Å²) in [6.07, 6.45) is 2.64. The molecule has 0 aliphatic carbocycles. The van der Waals surface area contributed by atoms with Gasteiger partial charge in [0, 0.05) is 18.8 Å². The minimum absolute atomic E-state index is 0.0895. The number of hydrogen-bond acceptors (Lipinski definition) is 5. The second kappa shape index (κ2) is 10.8. The van der Waals surface area contributed by atoms with Crippen molar-refractivity contribution in [3.05, 3.63) is 84.7 Å². The number of amides is 1. The summed E-state index contributed by atoms with van der Waals surface area (Å²) in [5, 5.41) is 2.57. The Morgan fingerprint density at radius 1 is 0.806 bits per heavy atom. The molecule has 8 nitrogen and oxygen atoms in total. The maximum Gasteiger partial charge on any atom is 0.264 e. The number of halogens is 1. The lowest BCUT2D eigenvalue weighted by Gasteiger charge is -2.26. The van der Waals surface area contributed by atoms with Crippen LogP contribution in [0.3, 0.4) is 0 Å². The summed E-state index contributed by atoms with van der Waals surface area (Å²) in [5.74, 6) is -1.51. The smallest absolute Gasteiger partial charge is 0.264 e. The van der Waals surface area contributed by atoms with Crippen molar-refractivity contribution in [3.63, 3.8) is 0 Å². The number of sulfonamides is 2. The first-order valence-corrected chi connectivity index (χ1v) is 14.3. The largest absolute Gasteiger partial charge is 0.325 e. The lowest BCUT2D eigenvalue weighted by Crippen LogP contribution is -2.38. The molecule has 0 atom stereocenters. The zero-order valence-electron chi connectivity index (χ0n) is 19.4. The number of nitrogens with zero attached hydrogens (tertiary/aromatic N) is 2. The SMILES string of the molecule is O=C(CN(c1ccccc1F)S(=O)(=O)c1ccccc1)Nc1ccc(S(=O)(=O)N2CCCCC2)cc1. The van der Waals surface area contributed by atoms with Crippen LogP contribution in [0.4, 0.5) is 15.8 Å². The van der Waals surface area contributed by atoms with E-state index in [-0.39, 0.29) is 21.2 Å². The normalized spacial score (nSPS) is 14.8. The van der Waals surface area contributed by atoms with Crippen LogP contribution in [0.25, 0.3) is 0 Å². The van der Waals surface area contributed by atoms with E-state index in [2.05, 4.69) is 5.32 Å². The highest BCUT2D eigenvalue weighted by molar-refractivity contribution is 7.92. The van der Waals surface area contributed by atoms with Gasteiger partial charge >= 0.3 is 0 Å². The Bertz CT molecular complexity index is 1420. The quantitative estimate of drug-likeness (QED) is 0.476. The predicted molar refractivity (Wildman–Crippen MR) is 135 cm³/mol. The van der Waals surface area contributed by atoms with E-state index in [1.54, 1.807) is 6.07 Å². The van der Waals surface area contributed by atoms with Crippen LogP contribution in [-0.4, -0.2) is 46.7 Å². The van der Waals surface area contributed by atoms with E-state index in [1.165, 1.54) is 71.0 Å². The van der Waals surface area contributed by atoms with Crippen LogP contribution in [0.5, 0.6) is 0 Å². The van der Waals surface area contributed by atoms with Gasteiger partial charge in [-0.1, -0.05) is 36.8 Å². The van der Waals surface area contributed by atoms with Crippen molar-refractivity contribution in [1.82, 2.24) is 4.31 Å². The summed E-state index contributed by atoms with van der Waals surface area (Å²) in [6.45, 7) is 0.261. The third kappa shape index (κ3) is 5.58. The molecule has 4 rings (SSSR count). The number of para-hydroxylation sites is 1. The topological polar surface area (TPSA) is 104 Å². The standard InChI is InChI=1S/C25H26FN3O5S2/c26-23-11-5-6-12-24(23)29(36(33,34)21-9-3-1-4-10-21)19-25(30)27-20-13-15-22(16-14-20)35(31,32)28-17-7-2-8-18-28/h1,3-6,9-16H,2,7-8,17-19H2,(H,27,30). The van der Waals surface area contributed by atoms with Crippen LogP contribution in [-0.2, 0) is 24.8 Å². The molecule has 1 aliphatic rings. The second-order valence-electron chi connectivity index (χ2n) is 8.31. The Morgan fingerprint density at radius 2 is 1.42 bits per heavy atom. The maximum absolute atomic E-state index is 14.6. The first-order chi connectivity index (χ1) is 17.2. The van der Waals surface area contributed by atoms with Gasteiger partial charge in [0.05, 0.1) is 15.5 Å². The first-order valence-electron chi connectivity index (χ1n) is 11.4. The molecule has 1 aliphatic heterocycles. The van der Waals surface area contributed by atoms with E-state index in [9.17, 15) is 26.0 Å². The number of anilines is 2. The molecule has 190 valence electrons. The summed E-state index contributed by atoms with van der Waals surface area (Å²) in [4.78, 5) is 12.9. The highest BCUT2D eigenvalue weighted by Gasteiger charge is 2.29. The molecule has 0 unspecified atom stereocenters.